The molecule has 3 aromatic rings. The largest absolute Gasteiger partial charge is 0.493 e. The Kier molecular flexibility index (Phi) is 6.04. The van der Waals surface area contributed by atoms with E-state index in [2.05, 4.69) is 27.8 Å². The molecule has 31 heavy (non-hydrogen) atoms. The van der Waals surface area contributed by atoms with E-state index in [0.29, 0.717) is 36.2 Å². The van der Waals surface area contributed by atoms with Crippen LogP contribution in [-0.4, -0.2) is 31.7 Å². The molecule has 1 aliphatic rings. The molecule has 1 unspecified atom stereocenters. The van der Waals surface area contributed by atoms with E-state index in [1.807, 2.05) is 48.5 Å². The van der Waals surface area contributed by atoms with Gasteiger partial charge in [-0.3, -0.25) is 4.99 Å². The minimum atomic E-state index is -0.875. The lowest BCUT2D eigenvalue weighted by Gasteiger charge is -2.38. The van der Waals surface area contributed by atoms with Crippen molar-refractivity contribution in [1.82, 2.24) is 10.3 Å². The molecule has 0 amide bonds. The molecule has 0 fully saturated rings. The van der Waals surface area contributed by atoms with E-state index in [0.717, 1.165) is 17.5 Å². The van der Waals surface area contributed by atoms with Crippen molar-refractivity contribution in [3.8, 4) is 11.5 Å². The lowest BCUT2D eigenvalue weighted by atomic mass is 9.91. The zero-order valence-electron chi connectivity index (χ0n) is 17.8. The molecule has 1 aliphatic heterocycles. The molecule has 160 valence electrons. The highest BCUT2D eigenvalue weighted by Gasteiger charge is 2.36. The number of aromatic nitrogens is 1. The van der Waals surface area contributed by atoms with Crippen LogP contribution in [0, 0.1) is 0 Å². The number of methoxy groups -OCH3 is 2. The minimum Gasteiger partial charge on any atom is -0.493 e. The summed E-state index contributed by atoms with van der Waals surface area (Å²) in [5.74, 6) is 2.68. The van der Waals surface area contributed by atoms with Gasteiger partial charge in [0.2, 0.25) is 0 Å². The number of nitrogens with zero attached hydrogens (tertiary/aromatic N) is 2. The standard InChI is InChI=1S/C24H27N5O2/c1-30-20-11-10-18(15-21(20)31-2)16-24(25)19-9-6-13-26-22(19)28-23(29-24)27-14-12-17-7-4-3-5-8-17/h3-11,13,15H,12,14,16,25H2,1-2H3,(H2,26,27,28,29). The number of nitrogens with one attached hydrogen (secondary N) is 2. The smallest absolute Gasteiger partial charge is 0.198 e. The van der Waals surface area contributed by atoms with E-state index >= 15 is 0 Å². The minimum absolute atomic E-state index is 0.519. The Hall–Kier alpha value is -3.58. The first-order chi connectivity index (χ1) is 15.1. The fourth-order valence-electron chi connectivity index (χ4n) is 3.76. The van der Waals surface area contributed by atoms with E-state index in [9.17, 15) is 0 Å². The number of pyridine rings is 1. The van der Waals surface area contributed by atoms with Crippen molar-refractivity contribution in [2.75, 3.05) is 26.1 Å². The molecule has 2 aromatic carbocycles. The SMILES string of the molecule is COc1ccc(CC2(N)NC(=NCCc3ccccc3)Nc3ncccc32)cc1OC. The number of anilines is 1. The second kappa shape index (κ2) is 9.06. The Labute approximate surface area is 182 Å². The molecule has 0 radical (unpaired) electrons. The Morgan fingerprint density at radius 3 is 2.55 bits per heavy atom. The molecule has 1 aromatic heterocycles. The Morgan fingerprint density at radius 1 is 0.968 bits per heavy atom. The van der Waals surface area contributed by atoms with Crippen molar-refractivity contribution >= 4 is 11.8 Å². The molecule has 4 N–H and O–H groups in total. The summed E-state index contributed by atoms with van der Waals surface area (Å²) in [4.78, 5) is 9.18. The van der Waals surface area contributed by atoms with E-state index < -0.39 is 5.66 Å². The number of hydrogen-bond donors (Lipinski definition) is 3. The van der Waals surface area contributed by atoms with E-state index in [1.165, 1.54) is 5.56 Å². The highest BCUT2D eigenvalue weighted by atomic mass is 16.5. The van der Waals surface area contributed by atoms with Crippen LogP contribution in [-0.2, 0) is 18.5 Å². The zero-order valence-corrected chi connectivity index (χ0v) is 17.8. The van der Waals surface area contributed by atoms with E-state index in [4.69, 9.17) is 20.2 Å². The molecule has 1 atom stereocenters. The van der Waals surface area contributed by atoms with Crippen LogP contribution in [0.1, 0.15) is 16.7 Å². The normalized spacial score (nSPS) is 18.6. The molecular formula is C24H27N5O2. The van der Waals surface area contributed by atoms with Crippen LogP contribution in [0.3, 0.4) is 0 Å². The monoisotopic (exact) mass is 417 g/mol. The summed E-state index contributed by atoms with van der Waals surface area (Å²) in [6, 6.07) is 20.0. The summed E-state index contributed by atoms with van der Waals surface area (Å²) in [7, 11) is 3.25. The first-order valence-electron chi connectivity index (χ1n) is 10.2. The van der Waals surface area contributed by atoms with Crippen LogP contribution in [0.5, 0.6) is 11.5 Å². The maximum absolute atomic E-state index is 6.89. The quantitative estimate of drug-likeness (QED) is 0.547. The highest BCUT2D eigenvalue weighted by molar-refractivity contribution is 5.96. The molecule has 7 heteroatoms. The van der Waals surface area contributed by atoms with Gasteiger partial charge in [0.15, 0.2) is 17.5 Å². The Balaban J connectivity index is 1.58. The summed E-state index contributed by atoms with van der Waals surface area (Å²) in [5.41, 5.74) is 9.15. The summed E-state index contributed by atoms with van der Waals surface area (Å²) in [6.45, 7) is 0.633. The van der Waals surface area contributed by atoms with Crippen LogP contribution in [0.15, 0.2) is 71.9 Å². The summed E-state index contributed by atoms with van der Waals surface area (Å²) in [6.07, 6.45) is 3.11. The third-order valence-electron chi connectivity index (χ3n) is 5.31. The van der Waals surface area contributed by atoms with Gasteiger partial charge in [-0.2, -0.15) is 0 Å². The van der Waals surface area contributed by atoms with Gasteiger partial charge < -0.3 is 25.8 Å². The molecule has 0 bridgehead atoms. The van der Waals surface area contributed by atoms with Crippen molar-refractivity contribution in [3.05, 3.63) is 83.6 Å². The number of benzene rings is 2. The molecule has 0 spiro atoms. The predicted octanol–water partition coefficient (Wildman–Crippen LogP) is 3.07. The number of hydrogen-bond acceptors (Lipinski definition) is 5. The van der Waals surface area contributed by atoms with E-state index in [1.54, 1.807) is 20.4 Å². The molecule has 0 saturated heterocycles. The van der Waals surface area contributed by atoms with Gasteiger partial charge >= 0.3 is 0 Å². The van der Waals surface area contributed by atoms with Crippen molar-refractivity contribution in [2.45, 2.75) is 18.5 Å². The second-order valence-corrected chi connectivity index (χ2v) is 7.45. The van der Waals surface area contributed by atoms with Crippen LogP contribution in [0.25, 0.3) is 0 Å². The van der Waals surface area contributed by atoms with Gasteiger partial charge in [0.1, 0.15) is 11.5 Å². The number of nitrogens with two attached hydrogens (primary N) is 1. The summed E-state index contributed by atoms with van der Waals surface area (Å²) >= 11 is 0. The lowest BCUT2D eigenvalue weighted by Crippen LogP contribution is -2.59. The molecule has 4 rings (SSSR count). The maximum atomic E-state index is 6.89. The molecular weight excluding hydrogens is 390 g/mol. The van der Waals surface area contributed by atoms with Crippen molar-refractivity contribution in [2.24, 2.45) is 10.7 Å². The van der Waals surface area contributed by atoms with Gasteiger partial charge in [-0.05, 0) is 35.7 Å². The average Bonchev–Trinajstić information content (AvgIpc) is 2.79. The van der Waals surface area contributed by atoms with Gasteiger partial charge in [-0.15, -0.1) is 0 Å². The molecule has 7 nitrogen and oxygen atoms in total. The summed E-state index contributed by atoms with van der Waals surface area (Å²) < 4.78 is 10.8. The molecule has 0 saturated carbocycles. The highest BCUT2D eigenvalue weighted by Crippen LogP contribution is 2.33. The molecule has 0 aliphatic carbocycles. The third kappa shape index (κ3) is 4.62. The topological polar surface area (TPSA) is 93.8 Å². The number of fused-ring (bicyclic) bond motifs is 1. The zero-order chi connectivity index (χ0) is 21.7. The second-order valence-electron chi connectivity index (χ2n) is 7.45. The van der Waals surface area contributed by atoms with E-state index in [-0.39, 0.29) is 0 Å². The van der Waals surface area contributed by atoms with Crippen molar-refractivity contribution < 1.29 is 9.47 Å². The lowest BCUT2D eigenvalue weighted by molar-refractivity contribution is 0.352. The fourth-order valence-corrected chi connectivity index (χ4v) is 3.76. The van der Waals surface area contributed by atoms with Crippen LogP contribution in [0.4, 0.5) is 5.82 Å². The number of rotatable bonds is 7. The fraction of sp³-hybridized carbons (Fsp3) is 0.250. The first kappa shape index (κ1) is 20.7. The van der Waals surface area contributed by atoms with Gasteiger partial charge in [0, 0.05) is 24.7 Å². The number of aliphatic imine (C=N–C) groups is 1. The number of ether oxygens (including phenoxy) is 2. The van der Waals surface area contributed by atoms with Gasteiger partial charge in [-0.25, -0.2) is 4.98 Å². The van der Waals surface area contributed by atoms with Crippen molar-refractivity contribution in [3.63, 3.8) is 0 Å². The predicted molar refractivity (Wildman–Crippen MR) is 123 cm³/mol. The third-order valence-corrected chi connectivity index (χ3v) is 5.31. The van der Waals surface area contributed by atoms with Crippen LogP contribution >= 0.6 is 0 Å². The van der Waals surface area contributed by atoms with Gasteiger partial charge in [-0.1, -0.05) is 42.5 Å². The average molecular weight is 418 g/mol. The first-order valence-corrected chi connectivity index (χ1v) is 10.2. The van der Waals surface area contributed by atoms with Crippen molar-refractivity contribution in [1.29, 1.82) is 0 Å². The number of guanidine groups is 1. The maximum Gasteiger partial charge on any atom is 0.198 e. The summed E-state index contributed by atoms with van der Waals surface area (Å²) in [5, 5.41) is 6.66. The Bertz CT molecular complexity index is 1070. The van der Waals surface area contributed by atoms with Crippen LogP contribution in [0.2, 0.25) is 0 Å². The van der Waals surface area contributed by atoms with Crippen LogP contribution < -0.4 is 25.8 Å². The van der Waals surface area contributed by atoms with Gasteiger partial charge in [0.25, 0.3) is 0 Å². The Morgan fingerprint density at radius 2 is 1.77 bits per heavy atom. The van der Waals surface area contributed by atoms with Gasteiger partial charge in [0.05, 0.1) is 14.2 Å². The molecule has 2 heterocycles.